The number of esters is 1. The number of Topliss-reactive ketones (excluding diaryl/α,β-unsaturated/α-hetero) is 2. The number of hydrogen-bond donors (Lipinski definition) is 0. The third kappa shape index (κ3) is 3.06. The number of nitrogens with zero attached hydrogens (tertiary/aromatic N) is 1. The standard InChI is InChI=1S/C14H15NO4/c1-19-14(18)13(17)11-8-15(9-12(11)16)7-10-5-3-2-4-6-10/h2-6,11H,7-9H2,1H3. The maximum Gasteiger partial charge on any atom is 0.375 e. The lowest BCUT2D eigenvalue weighted by Crippen LogP contribution is -2.30. The number of benzene rings is 1. The Kier molecular flexibility index (Phi) is 4.06. The van der Waals surface area contributed by atoms with E-state index in [0.29, 0.717) is 6.54 Å². The van der Waals surface area contributed by atoms with Crippen molar-refractivity contribution in [3.8, 4) is 0 Å². The number of hydrogen-bond acceptors (Lipinski definition) is 5. The van der Waals surface area contributed by atoms with Crippen LogP contribution in [0.4, 0.5) is 0 Å². The minimum Gasteiger partial charge on any atom is -0.463 e. The largest absolute Gasteiger partial charge is 0.463 e. The van der Waals surface area contributed by atoms with Gasteiger partial charge < -0.3 is 4.74 Å². The first kappa shape index (κ1) is 13.4. The molecule has 1 atom stereocenters. The Balaban J connectivity index is 2.00. The number of likely N-dealkylation sites (tertiary alicyclic amines) is 1. The molecule has 100 valence electrons. The van der Waals surface area contributed by atoms with E-state index >= 15 is 0 Å². The van der Waals surface area contributed by atoms with Gasteiger partial charge in [-0.05, 0) is 5.56 Å². The lowest BCUT2D eigenvalue weighted by Gasteiger charge is -2.14. The van der Waals surface area contributed by atoms with Crippen molar-refractivity contribution in [2.75, 3.05) is 20.2 Å². The van der Waals surface area contributed by atoms with E-state index < -0.39 is 17.7 Å². The van der Waals surface area contributed by atoms with E-state index in [9.17, 15) is 14.4 Å². The molecule has 0 aromatic heterocycles. The molecule has 2 rings (SSSR count). The Hall–Kier alpha value is -2.01. The SMILES string of the molecule is COC(=O)C(=O)C1CN(Cc2ccccc2)CC1=O. The van der Waals surface area contributed by atoms with Crippen molar-refractivity contribution in [1.29, 1.82) is 0 Å². The summed E-state index contributed by atoms with van der Waals surface area (Å²) in [6.07, 6.45) is 0. The number of carbonyl (C=O) groups excluding carboxylic acids is 3. The highest BCUT2D eigenvalue weighted by atomic mass is 16.5. The predicted molar refractivity (Wildman–Crippen MR) is 67.2 cm³/mol. The predicted octanol–water partition coefficient (Wildman–Crippen LogP) is 0.430. The first-order chi connectivity index (χ1) is 9.11. The second-order valence-corrected chi connectivity index (χ2v) is 4.53. The Morgan fingerprint density at radius 1 is 1.32 bits per heavy atom. The van der Waals surface area contributed by atoms with Gasteiger partial charge >= 0.3 is 5.97 Å². The van der Waals surface area contributed by atoms with Crippen molar-refractivity contribution < 1.29 is 19.1 Å². The molecule has 1 heterocycles. The van der Waals surface area contributed by atoms with Gasteiger partial charge in [0, 0.05) is 13.1 Å². The second-order valence-electron chi connectivity index (χ2n) is 4.53. The number of carbonyl (C=O) groups is 3. The number of rotatable bonds is 4. The molecule has 1 aromatic carbocycles. The zero-order chi connectivity index (χ0) is 13.8. The molecule has 1 fully saturated rings. The van der Waals surface area contributed by atoms with E-state index in [4.69, 9.17) is 0 Å². The van der Waals surface area contributed by atoms with E-state index in [1.165, 1.54) is 0 Å². The first-order valence-corrected chi connectivity index (χ1v) is 6.03. The van der Waals surface area contributed by atoms with E-state index in [2.05, 4.69) is 4.74 Å². The van der Waals surface area contributed by atoms with Crippen LogP contribution in [0.5, 0.6) is 0 Å². The Bertz CT molecular complexity index is 497. The van der Waals surface area contributed by atoms with Crippen LogP contribution in [-0.4, -0.2) is 42.6 Å². The molecule has 0 spiro atoms. The highest BCUT2D eigenvalue weighted by molar-refractivity contribution is 6.38. The monoisotopic (exact) mass is 261 g/mol. The highest BCUT2D eigenvalue weighted by Crippen LogP contribution is 2.17. The molecular formula is C14H15NO4. The van der Waals surface area contributed by atoms with E-state index in [-0.39, 0.29) is 18.9 Å². The Morgan fingerprint density at radius 2 is 2.00 bits per heavy atom. The summed E-state index contributed by atoms with van der Waals surface area (Å²) in [5, 5.41) is 0. The minimum atomic E-state index is -0.945. The van der Waals surface area contributed by atoms with E-state index in [1.54, 1.807) is 0 Å². The fraction of sp³-hybridized carbons (Fsp3) is 0.357. The van der Waals surface area contributed by atoms with E-state index in [0.717, 1.165) is 12.7 Å². The van der Waals surface area contributed by atoms with Crippen LogP contribution in [0.3, 0.4) is 0 Å². The molecule has 0 N–H and O–H groups in total. The van der Waals surface area contributed by atoms with Crippen LogP contribution in [0.25, 0.3) is 0 Å². The summed E-state index contributed by atoms with van der Waals surface area (Å²) in [6.45, 7) is 1.07. The number of ether oxygens (including phenoxy) is 1. The van der Waals surface area contributed by atoms with Gasteiger partial charge in [0.1, 0.15) is 5.92 Å². The summed E-state index contributed by atoms with van der Waals surface area (Å²) in [5.41, 5.74) is 1.07. The topological polar surface area (TPSA) is 63.7 Å². The van der Waals surface area contributed by atoms with Crippen LogP contribution in [-0.2, 0) is 25.7 Å². The molecule has 1 saturated heterocycles. The van der Waals surface area contributed by atoms with E-state index in [1.807, 2.05) is 35.2 Å². The molecule has 19 heavy (non-hydrogen) atoms. The van der Waals surface area contributed by atoms with Crippen molar-refractivity contribution in [2.24, 2.45) is 5.92 Å². The first-order valence-electron chi connectivity index (χ1n) is 6.03. The minimum absolute atomic E-state index is 0.197. The lowest BCUT2D eigenvalue weighted by atomic mass is 10.0. The molecule has 0 radical (unpaired) electrons. The molecule has 1 aliphatic rings. The summed E-state index contributed by atoms with van der Waals surface area (Å²) in [5.74, 6) is -2.79. The smallest absolute Gasteiger partial charge is 0.375 e. The zero-order valence-corrected chi connectivity index (χ0v) is 10.7. The van der Waals surface area contributed by atoms with Crippen molar-refractivity contribution in [1.82, 2.24) is 4.90 Å². The maximum atomic E-state index is 11.8. The van der Waals surface area contributed by atoms with Gasteiger partial charge in [0.2, 0.25) is 0 Å². The summed E-state index contributed by atoms with van der Waals surface area (Å²) in [4.78, 5) is 36.5. The molecule has 0 bridgehead atoms. The third-order valence-electron chi connectivity index (χ3n) is 3.16. The average Bonchev–Trinajstić information content (AvgIpc) is 2.79. The quantitative estimate of drug-likeness (QED) is 0.447. The van der Waals surface area contributed by atoms with Gasteiger partial charge in [-0.1, -0.05) is 30.3 Å². The number of methoxy groups -OCH3 is 1. The summed E-state index contributed by atoms with van der Waals surface area (Å²) >= 11 is 0. The van der Waals surface area contributed by atoms with Crippen molar-refractivity contribution in [3.05, 3.63) is 35.9 Å². The maximum absolute atomic E-state index is 11.8. The van der Waals surface area contributed by atoms with Gasteiger partial charge in [-0.2, -0.15) is 0 Å². The van der Waals surface area contributed by atoms with Gasteiger partial charge in [0.05, 0.1) is 13.7 Å². The molecule has 5 nitrogen and oxygen atoms in total. The third-order valence-corrected chi connectivity index (χ3v) is 3.16. The van der Waals surface area contributed by atoms with Crippen molar-refractivity contribution in [3.63, 3.8) is 0 Å². The van der Waals surface area contributed by atoms with Gasteiger partial charge in [0.25, 0.3) is 5.78 Å². The normalized spacial score (nSPS) is 19.4. The highest BCUT2D eigenvalue weighted by Gasteiger charge is 2.39. The molecule has 1 aromatic rings. The van der Waals surface area contributed by atoms with Crippen molar-refractivity contribution >= 4 is 17.5 Å². The van der Waals surface area contributed by atoms with Gasteiger partial charge in [-0.3, -0.25) is 14.5 Å². The fourth-order valence-corrected chi connectivity index (χ4v) is 2.19. The number of ketones is 2. The molecule has 1 unspecified atom stereocenters. The van der Waals surface area contributed by atoms with Crippen LogP contribution in [0, 0.1) is 5.92 Å². The van der Waals surface area contributed by atoms with Crippen LogP contribution >= 0.6 is 0 Å². The van der Waals surface area contributed by atoms with Gasteiger partial charge in [-0.15, -0.1) is 0 Å². The zero-order valence-electron chi connectivity index (χ0n) is 10.7. The van der Waals surface area contributed by atoms with Crippen LogP contribution < -0.4 is 0 Å². The van der Waals surface area contributed by atoms with Gasteiger partial charge in [-0.25, -0.2) is 4.79 Å². The molecule has 0 aliphatic carbocycles. The molecular weight excluding hydrogens is 246 g/mol. The van der Waals surface area contributed by atoms with Crippen LogP contribution in [0.15, 0.2) is 30.3 Å². The molecule has 0 saturated carbocycles. The molecule has 5 heteroatoms. The van der Waals surface area contributed by atoms with Gasteiger partial charge in [0.15, 0.2) is 5.78 Å². The summed E-state index contributed by atoms with van der Waals surface area (Å²) in [6, 6.07) is 9.68. The fourth-order valence-electron chi connectivity index (χ4n) is 2.19. The summed E-state index contributed by atoms with van der Waals surface area (Å²) < 4.78 is 4.37. The van der Waals surface area contributed by atoms with Crippen molar-refractivity contribution in [2.45, 2.75) is 6.54 Å². The lowest BCUT2D eigenvalue weighted by molar-refractivity contribution is -0.154. The average molecular weight is 261 g/mol. The van der Waals surface area contributed by atoms with Crippen LogP contribution in [0.2, 0.25) is 0 Å². The molecule has 1 aliphatic heterocycles. The van der Waals surface area contributed by atoms with Crippen LogP contribution in [0.1, 0.15) is 5.56 Å². The Labute approximate surface area is 111 Å². The Morgan fingerprint density at radius 3 is 2.63 bits per heavy atom. The second kappa shape index (κ2) is 5.75. The summed E-state index contributed by atoms with van der Waals surface area (Å²) in [7, 11) is 1.14. The molecule has 0 amide bonds.